The number of rotatable bonds is 5. The fourth-order valence-electron chi connectivity index (χ4n) is 1.63. The summed E-state index contributed by atoms with van der Waals surface area (Å²) in [5.74, 6) is 0.483. The quantitative estimate of drug-likeness (QED) is 0.509. The summed E-state index contributed by atoms with van der Waals surface area (Å²) < 4.78 is 0. The molecule has 2 atom stereocenters. The lowest BCUT2D eigenvalue weighted by Crippen LogP contribution is -1.99. The van der Waals surface area contributed by atoms with E-state index < -0.39 is 0 Å². The molecule has 0 bridgehead atoms. The fourth-order valence-corrected chi connectivity index (χ4v) is 1.63. The largest absolute Gasteiger partial charge is 0.389 e. The molecule has 1 N–H and O–H groups in total. The molecular formula is C12H20O. The van der Waals surface area contributed by atoms with E-state index in [-0.39, 0.29) is 6.10 Å². The van der Waals surface area contributed by atoms with Crippen molar-refractivity contribution in [1.82, 2.24) is 0 Å². The second-order valence-electron chi connectivity index (χ2n) is 3.78. The molecule has 74 valence electrons. The Kier molecular flexibility index (Phi) is 4.84. The molecule has 0 fully saturated rings. The van der Waals surface area contributed by atoms with E-state index in [0.29, 0.717) is 5.92 Å². The van der Waals surface area contributed by atoms with Gasteiger partial charge in [0.15, 0.2) is 0 Å². The van der Waals surface area contributed by atoms with E-state index in [1.54, 1.807) is 0 Å². The molecule has 0 radical (unpaired) electrons. The zero-order chi connectivity index (χ0) is 9.52. The van der Waals surface area contributed by atoms with Crippen molar-refractivity contribution < 1.29 is 5.11 Å². The van der Waals surface area contributed by atoms with Crippen LogP contribution in [-0.4, -0.2) is 11.2 Å². The lowest BCUT2D eigenvalue weighted by Gasteiger charge is -2.01. The van der Waals surface area contributed by atoms with Gasteiger partial charge >= 0.3 is 0 Å². The van der Waals surface area contributed by atoms with Crippen molar-refractivity contribution in [2.75, 3.05) is 0 Å². The van der Waals surface area contributed by atoms with Crippen LogP contribution >= 0.6 is 0 Å². The van der Waals surface area contributed by atoms with Crippen LogP contribution in [0.4, 0.5) is 0 Å². The highest BCUT2D eigenvalue weighted by Gasteiger charge is 2.12. The normalized spacial score (nSPS) is 27.5. The average Bonchev–Trinajstić information content (AvgIpc) is 2.51. The smallest absolute Gasteiger partial charge is 0.0729 e. The van der Waals surface area contributed by atoms with Crippen LogP contribution in [0.15, 0.2) is 24.3 Å². The minimum Gasteiger partial charge on any atom is -0.389 e. The summed E-state index contributed by atoms with van der Waals surface area (Å²) in [7, 11) is 0. The molecular weight excluding hydrogens is 160 g/mol. The summed E-state index contributed by atoms with van der Waals surface area (Å²) >= 11 is 0. The Balaban J connectivity index is 2.07. The van der Waals surface area contributed by atoms with Gasteiger partial charge in [-0.3, -0.25) is 0 Å². The van der Waals surface area contributed by atoms with Crippen molar-refractivity contribution in [3.63, 3.8) is 0 Å². The predicted octanol–water partition coefficient (Wildman–Crippen LogP) is 3.06. The van der Waals surface area contributed by atoms with Crippen LogP contribution in [0.25, 0.3) is 0 Å². The van der Waals surface area contributed by atoms with Crippen molar-refractivity contribution >= 4 is 0 Å². The summed E-state index contributed by atoms with van der Waals surface area (Å²) in [5.41, 5.74) is 0. The molecule has 0 amide bonds. The second-order valence-corrected chi connectivity index (χ2v) is 3.78. The molecule has 0 aromatic rings. The van der Waals surface area contributed by atoms with E-state index >= 15 is 0 Å². The van der Waals surface area contributed by atoms with Gasteiger partial charge in [-0.05, 0) is 25.2 Å². The molecule has 0 aromatic heterocycles. The van der Waals surface area contributed by atoms with E-state index in [1.165, 1.54) is 25.7 Å². The average molecular weight is 180 g/mol. The molecule has 0 spiro atoms. The van der Waals surface area contributed by atoms with Crippen molar-refractivity contribution in [1.29, 1.82) is 0 Å². The highest BCUT2D eigenvalue weighted by molar-refractivity contribution is 5.09. The molecule has 1 aliphatic carbocycles. The summed E-state index contributed by atoms with van der Waals surface area (Å²) in [6, 6.07) is 0. The third kappa shape index (κ3) is 4.28. The van der Waals surface area contributed by atoms with Gasteiger partial charge in [-0.2, -0.15) is 0 Å². The SMILES string of the molecule is CCCCCC=CC1C=CC(O)C1. The molecule has 13 heavy (non-hydrogen) atoms. The van der Waals surface area contributed by atoms with E-state index in [4.69, 9.17) is 0 Å². The lowest BCUT2D eigenvalue weighted by molar-refractivity contribution is 0.216. The first-order chi connectivity index (χ1) is 6.33. The van der Waals surface area contributed by atoms with Gasteiger partial charge in [0.25, 0.3) is 0 Å². The standard InChI is InChI=1S/C12H20O/c1-2-3-4-5-6-7-11-8-9-12(13)10-11/h6-9,11-13H,2-5,10H2,1H3. The first-order valence-electron chi connectivity index (χ1n) is 5.36. The number of aliphatic hydroxyl groups is 1. The zero-order valence-electron chi connectivity index (χ0n) is 8.45. The Bertz CT molecular complexity index is 182. The maximum absolute atomic E-state index is 9.22. The summed E-state index contributed by atoms with van der Waals surface area (Å²) in [6.45, 7) is 2.22. The van der Waals surface area contributed by atoms with Gasteiger partial charge in [-0.25, -0.2) is 0 Å². The van der Waals surface area contributed by atoms with Crippen LogP contribution in [0, 0.1) is 5.92 Å². The number of hydrogen-bond acceptors (Lipinski definition) is 1. The van der Waals surface area contributed by atoms with E-state index in [1.807, 2.05) is 6.08 Å². The maximum Gasteiger partial charge on any atom is 0.0729 e. The molecule has 1 heteroatoms. The lowest BCUT2D eigenvalue weighted by atomic mass is 10.1. The van der Waals surface area contributed by atoms with Crippen LogP contribution in [0.2, 0.25) is 0 Å². The molecule has 0 heterocycles. The molecule has 0 saturated carbocycles. The van der Waals surface area contributed by atoms with Gasteiger partial charge in [0.2, 0.25) is 0 Å². The molecule has 0 aromatic carbocycles. The fraction of sp³-hybridized carbons (Fsp3) is 0.667. The summed E-state index contributed by atoms with van der Waals surface area (Å²) in [4.78, 5) is 0. The monoisotopic (exact) mass is 180 g/mol. The van der Waals surface area contributed by atoms with Crippen LogP contribution in [-0.2, 0) is 0 Å². The Morgan fingerprint density at radius 2 is 2.23 bits per heavy atom. The van der Waals surface area contributed by atoms with Gasteiger partial charge in [0.1, 0.15) is 0 Å². The molecule has 0 saturated heterocycles. The Labute approximate surface area is 81.2 Å². The Morgan fingerprint density at radius 3 is 2.85 bits per heavy atom. The molecule has 1 aliphatic rings. The predicted molar refractivity (Wildman–Crippen MR) is 56.5 cm³/mol. The topological polar surface area (TPSA) is 20.2 Å². The van der Waals surface area contributed by atoms with Crippen molar-refractivity contribution in [3.8, 4) is 0 Å². The number of hydrogen-bond donors (Lipinski definition) is 1. The van der Waals surface area contributed by atoms with Crippen LogP contribution < -0.4 is 0 Å². The minimum atomic E-state index is -0.203. The Morgan fingerprint density at radius 1 is 1.38 bits per heavy atom. The minimum absolute atomic E-state index is 0.203. The summed E-state index contributed by atoms with van der Waals surface area (Å²) in [6.07, 6.45) is 14.2. The van der Waals surface area contributed by atoms with Gasteiger partial charge in [-0.1, -0.05) is 44.1 Å². The maximum atomic E-state index is 9.22. The number of unbranched alkanes of at least 4 members (excludes halogenated alkanes) is 3. The van der Waals surface area contributed by atoms with E-state index in [2.05, 4.69) is 25.2 Å². The zero-order valence-corrected chi connectivity index (χ0v) is 8.45. The van der Waals surface area contributed by atoms with Gasteiger partial charge in [-0.15, -0.1) is 0 Å². The third-order valence-corrected chi connectivity index (χ3v) is 2.45. The van der Waals surface area contributed by atoms with Crippen molar-refractivity contribution in [3.05, 3.63) is 24.3 Å². The Hall–Kier alpha value is -0.560. The molecule has 1 nitrogen and oxygen atoms in total. The number of aliphatic hydroxyl groups excluding tert-OH is 1. The highest BCUT2D eigenvalue weighted by atomic mass is 16.3. The summed E-state index contributed by atoms with van der Waals surface area (Å²) in [5, 5.41) is 9.22. The van der Waals surface area contributed by atoms with Crippen LogP contribution in [0.1, 0.15) is 39.0 Å². The van der Waals surface area contributed by atoms with Gasteiger partial charge < -0.3 is 5.11 Å². The molecule has 0 aliphatic heterocycles. The van der Waals surface area contributed by atoms with Gasteiger partial charge in [0.05, 0.1) is 6.10 Å². The van der Waals surface area contributed by atoms with Crippen molar-refractivity contribution in [2.45, 2.75) is 45.1 Å². The van der Waals surface area contributed by atoms with Crippen LogP contribution in [0.5, 0.6) is 0 Å². The first kappa shape index (κ1) is 10.5. The van der Waals surface area contributed by atoms with Crippen molar-refractivity contribution in [2.24, 2.45) is 5.92 Å². The first-order valence-corrected chi connectivity index (χ1v) is 5.36. The highest BCUT2D eigenvalue weighted by Crippen LogP contribution is 2.19. The molecule has 1 rings (SSSR count). The van der Waals surface area contributed by atoms with E-state index in [0.717, 1.165) is 6.42 Å². The van der Waals surface area contributed by atoms with Crippen LogP contribution in [0.3, 0.4) is 0 Å². The number of allylic oxidation sites excluding steroid dienone is 3. The third-order valence-electron chi connectivity index (χ3n) is 2.45. The molecule has 2 unspecified atom stereocenters. The van der Waals surface area contributed by atoms with E-state index in [9.17, 15) is 5.11 Å². The van der Waals surface area contributed by atoms with Gasteiger partial charge in [0, 0.05) is 0 Å². The second kappa shape index (κ2) is 5.98.